The van der Waals surface area contributed by atoms with Crippen molar-refractivity contribution in [2.45, 2.75) is 65.1 Å². The topological polar surface area (TPSA) is 56.4 Å². The summed E-state index contributed by atoms with van der Waals surface area (Å²) in [5, 5.41) is -0.788. The first-order valence-electron chi connectivity index (χ1n) is 10.5. The molecule has 1 atom stereocenters. The molecule has 6 heteroatoms. The smallest absolute Gasteiger partial charge is 0.220 e. The van der Waals surface area contributed by atoms with Gasteiger partial charge < -0.3 is 9.88 Å². The van der Waals surface area contributed by atoms with Crippen LogP contribution in [0.15, 0.2) is 18.3 Å². The van der Waals surface area contributed by atoms with Crippen molar-refractivity contribution < 1.29 is 9.79 Å². The van der Waals surface area contributed by atoms with Crippen molar-refractivity contribution in [2.24, 2.45) is 0 Å². The second-order valence-electron chi connectivity index (χ2n) is 8.80. The van der Waals surface area contributed by atoms with Crippen molar-refractivity contribution >= 4 is 20.9 Å². The van der Waals surface area contributed by atoms with E-state index in [2.05, 4.69) is 37.7 Å². The van der Waals surface area contributed by atoms with Crippen molar-refractivity contribution in [1.29, 1.82) is 0 Å². The molecule has 5 nitrogen and oxygen atoms in total. The van der Waals surface area contributed by atoms with Crippen LogP contribution in [0.1, 0.15) is 64.8 Å². The Hall–Kier alpha value is -1.37. The second kappa shape index (κ2) is 8.17. The molecule has 1 aromatic carbocycles. The monoisotopic (exact) mass is 408 g/mol. The lowest BCUT2D eigenvalue weighted by Crippen LogP contribution is -2.36. The Morgan fingerprint density at radius 2 is 1.82 bits per heavy atom. The second-order valence-corrected chi connectivity index (χ2v) is 10.9. The molecule has 0 amide bonds. The Labute approximate surface area is 172 Å². The highest BCUT2D eigenvalue weighted by molar-refractivity contribution is 7.89. The number of hydrogen-bond donors (Lipinski definition) is 1. The number of aromatic amines is 1. The molecule has 2 aromatic rings. The highest BCUT2D eigenvalue weighted by Crippen LogP contribution is 2.36. The third kappa shape index (κ3) is 4.29. The Balaban J connectivity index is 2.66. The fourth-order valence-electron chi connectivity index (χ4n) is 3.72. The maximum Gasteiger partial charge on any atom is 0.220 e. The van der Waals surface area contributed by atoms with E-state index in [0.717, 1.165) is 35.1 Å². The molecule has 1 aromatic heterocycles. The molecule has 28 heavy (non-hydrogen) atoms. The van der Waals surface area contributed by atoms with E-state index in [-0.39, 0.29) is 11.5 Å². The van der Waals surface area contributed by atoms with Crippen LogP contribution in [0.25, 0.3) is 10.9 Å². The lowest BCUT2D eigenvalue weighted by atomic mass is 9.83. The van der Waals surface area contributed by atoms with Gasteiger partial charge in [-0.25, -0.2) is 12.7 Å². The summed E-state index contributed by atoms with van der Waals surface area (Å²) >= 11 is 0. The van der Waals surface area contributed by atoms with Gasteiger partial charge in [-0.2, -0.15) is 0 Å². The molecule has 1 N–H and O–H groups in total. The van der Waals surface area contributed by atoms with Crippen LogP contribution < -0.4 is 0 Å². The zero-order chi connectivity index (χ0) is 22.4. The summed E-state index contributed by atoms with van der Waals surface area (Å²) in [6.07, 6.45) is 2.02. The number of hydrogen-bond acceptors (Lipinski definition) is 3. The first-order chi connectivity index (χ1) is 13.2. The third-order valence-corrected chi connectivity index (χ3v) is 8.01. The molecule has 0 radical (unpaired) electrons. The van der Waals surface area contributed by atoms with E-state index in [1.54, 1.807) is 7.05 Å². The number of H-pyrrole nitrogens is 1. The summed E-state index contributed by atoms with van der Waals surface area (Å²) in [5.74, 6) is 0. The SMILES string of the molecule is [2H]C(C)(c1cc2c(C(C)(C)CN(C)CC)c[nH]c2cc1C)S(=O)(=O)N(C)C(C)C. The Morgan fingerprint density at radius 1 is 1.21 bits per heavy atom. The average molecular weight is 409 g/mol. The molecule has 0 aliphatic carbocycles. The van der Waals surface area contributed by atoms with Crippen LogP contribution in [0.4, 0.5) is 0 Å². The van der Waals surface area contributed by atoms with Crippen molar-refractivity contribution in [1.82, 2.24) is 14.2 Å². The highest BCUT2D eigenvalue weighted by atomic mass is 32.2. The van der Waals surface area contributed by atoms with Gasteiger partial charge in [-0.3, -0.25) is 0 Å². The van der Waals surface area contributed by atoms with Gasteiger partial charge in [0.2, 0.25) is 10.0 Å². The predicted molar refractivity (Wildman–Crippen MR) is 119 cm³/mol. The molecular formula is C22H37N3O2S. The molecule has 0 aliphatic rings. The number of benzene rings is 1. The number of likely N-dealkylation sites (N-methyl/N-ethyl adjacent to an activating group) is 1. The third-order valence-electron chi connectivity index (χ3n) is 5.83. The average Bonchev–Trinajstić information content (AvgIpc) is 3.02. The van der Waals surface area contributed by atoms with Crippen LogP contribution in [0.5, 0.6) is 0 Å². The van der Waals surface area contributed by atoms with Crippen molar-refractivity contribution in [2.75, 3.05) is 27.2 Å². The van der Waals surface area contributed by atoms with Crippen LogP contribution in [-0.4, -0.2) is 55.8 Å². The first-order valence-corrected chi connectivity index (χ1v) is 11.4. The van der Waals surface area contributed by atoms with Gasteiger partial charge in [0.05, 0.1) is 6.60 Å². The minimum Gasteiger partial charge on any atom is -0.361 e. The Bertz CT molecular complexity index is 977. The molecule has 0 saturated carbocycles. The molecule has 1 unspecified atom stereocenters. The lowest BCUT2D eigenvalue weighted by molar-refractivity contribution is 0.281. The summed E-state index contributed by atoms with van der Waals surface area (Å²) in [6, 6.07) is 3.66. The summed E-state index contributed by atoms with van der Waals surface area (Å²) in [6.45, 7) is 15.4. The largest absolute Gasteiger partial charge is 0.361 e. The van der Waals surface area contributed by atoms with E-state index in [1.807, 2.05) is 39.1 Å². The number of nitrogens with zero attached hydrogens (tertiary/aromatic N) is 2. The molecule has 0 spiro atoms. The summed E-state index contributed by atoms with van der Waals surface area (Å²) < 4.78 is 36.6. The molecule has 0 fully saturated rings. The molecule has 2 rings (SSSR count). The first kappa shape index (κ1) is 21.3. The molecule has 1 heterocycles. The van der Waals surface area contributed by atoms with Gasteiger partial charge in [-0.1, -0.05) is 20.8 Å². The van der Waals surface area contributed by atoms with Gasteiger partial charge in [0, 0.05) is 42.1 Å². The Kier molecular flexibility index (Phi) is 6.23. The van der Waals surface area contributed by atoms with E-state index in [1.165, 1.54) is 11.2 Å². The van der Waals surface area contributed by atoms with Crippen LogP contribution in [0.2, 0.25) is 0 Å². The van der Waals surface area contributed by atoms with Gasteiger partial charge >= 0.3 is 0 Å². The number of fused-ring (bicyclic) bond motifs is 1. The maximum atomic E-state index is 13.2. The molecule has 0 bridgehead atoms. The fourth-order valence-corrected chi connectivity index (χ4v) is 5.21. The maximum absolute atomic E-state index is 13.2. The van der Waals surface area contributed by atoms with E-state index in [4.69, 9.17) is 1.37 Å². The van der Waals surface area contributed by atoms with Crippen molar-refractivity contribution in [3.05, 3.63) is 35.0 Å². The molecular weight excluding hydrogens is 370 g/mol. The fraction of sp³-hybridized carbons (Fsp3) is 0.636. The zero-order valence-electron chi connectivity index (χ0n) is 19.8. The van der Waals surface area contributed by atoms with Gasteiger partial charge in [0.1, 0.15) is 0 Å². The highest BCUT2D eigenvalue weighted by Gasteiger charge is 2.31. The number of rotatable bonds is 8. The summed E-state index contributed by atoms with van der Waals surface area (Å²) in [5.41, 5.74) is 3.31. The van der Waals surface area contributed by atoms with E-state index in [0.29, 0.717) is 5.56 Å². The minimum atomic E-state index is -3.85. The number of aromatic nitrogens is 1. The number of sulfonamides is 1. The van der Waals surface area contributed by atoms with Gasteiger partial charge in [0.15, 0.2) is 0 Å². The predicted octanol–water partition coefficient (Wildman–Crippen LogP) is 4.44. The van der Waals surface area contributed by atoms with Gasteiger partial charge in [-0.05, 0) is 70.1 Å². The standard InChI is InChI=1S/C22H37N3O2S/c1-10-24(8)14-22(6,7)20-13-23-21-11-16(4)18(12-19(20)21)17(5)28(26,27)25(9)15(2)3/h11-13,15,17,23H,10,14H2,1-9H3/i17D. The van der Waals surface area contributed by atoms with Crippen molar-refractivity contribution in [3.63, 3.8) is 0 Å². The number of nitrogens with one attached hydrogen (secondary N) is 1. The molecule has 0 saturated heterocycles. The zero-order valence-corrected chi connectivity index (χ0v) is 19.7. The summed E-state index contributed by atoms with van der Waals surface area (Å²) in [4.78, 5) is 5.61. The van der Waals surface area contributed by atoms with Gasteiger partial charge in [-0.15, -0.1) is 0 Å². The molecule has 158 valence electrons. The van der Waals surface area contributed by atoms with Crippen molar-refractivity contribution in [3.8, 4) is 0 Å². The van der Waals surface area contributed by atoms with Crippen LogP contribution in [-0.2, 0) is 15.4 Å². The lowest BCUT2D eigenvalue weighted by Gasteiger charge is -2.30. The normalized spacial score (nSPS) is 16.2. The summed E-state index contributed by atoms with van der Waals surface area (Å²) in [7, 11) is -0.208. The van der Waals surface area contributed by atoms with E-state index >= 15 is 0 Å². The van der Waals surface area contributed by atoms with E-state index < -0.39 is 15.2 Å². The van der Waals surface area contributed by atoms with Crippen LogP contribution in [0.3, 0.4) is 0 Å². The number of aryl methyl sites for hydroxylation is 1. The minimum absolute atomic E-state index is 0.123. The molecule has 0 aliphatic heterocycles. The van der Waals surface area contributed by atoms with Crippen LogP contribution in [0, 0.1) is 6.92 Å². The van der Waals surface area contributed by atoms with Gasteiger partial charge in [0.25, 0.3) is 0 Å². The quantitative estimate of drug-likeness (QED) is 0.703. The van der Waals surface area contributed by atoms with Crippen LogP contribution >= 0.6 is 0 Å². The Morgan fingerprint density at radius 3 is 2.36 bits per heavy atom. The van der Waals surface area contributed by atoms with E-state index in [9.17, 15) is 8.42 Å².